The Kier molecular flexibility index (Phi) is 4.64. The molecule has 0 nitrogen and oxygen atoms in total. The molecule has 16 heavy (non-hydrogen) atoms. The molecule has 0 amide bonds. The maximum Gasteiger partial charge on any atom is 0.129 e. The van der Waals surface area contributed by atoms with E-state index in [1.165, 1.54) is 0 Å². The summed E-state index contributed by atoms with van der Waals surface area (Å²) in [4.78, 5) is 0. The number of hydrogen-bond acceptors (Lipinski definition) is 0. The molecule has 80 valence electrons. The van der Waals surface area contributed by atoms with Crippen LogP contribution in [0.4, 0.5) is 0 Å². The lowest BCUT2D eigenvalue weighted by Gasteiger charge is -2.01. The van der Waals surface area contributed by atoms with Gasteiger partial charge in [-0.3, -0.25) is 0 Å². The van der Waals surface area contributed by atoms with Gasteiger partial charge in [-0.25, -0.2) is 0 Å². The van der Waals surface area contributed by atoms with Crippen molar-refractivity contribution in [3.63, 3.8) is 0 Å². The Bertz CT molecular complexity index is 467. The van der Waals surface area contributed by atoms with E-state index in [4.69, 9.17) is 0 Å². The van der Waals surface area contributed by atoms with E-state index in [2.05, 4.69) is 42.9 Å². The summed E-state index contributed by atoms with van der Waals surface area (Å²) in [6.45, 7) is 6.68. The molecule has 0 saturated carbocycles. The largest absolute Gasteiger partial charge is 0.129 e. The fourth-order valence-corrected chi connectivity index (χ4v) is 1.50. The summed E-state index contributed by atoms with van der Waals surface area (Å²) >= 11 is 0. The molecule has 1 heteroatoms. The van der Waals surface area contributed by atoms with Gasteiger partial charge < -0.3 is 0 Å². The number of benzene rings is 1. The molecule has 0 heterocycles. The number of rotatable bonds is 0. The van der Waals surface area contributed by atoms with Gasteiger partial charge in [0.25, 0.3) is 0 Å². The van der Waals surface area contributed by atoms with Crippen LogP contribution in [0.2, 0.25) is 19.6 Å². The predicted molar refractivity (Wildman–Crippen MR) is 73.6 cm³/mol. The van der Waals surface area contributed by atoms with Gasteiger partial charge >= 0.3 is 0 Å². The van der Waals surface area contributed by atoms with Crippen molar-refractivity contribution in [1.29, 1.82) is 0 Å². The quantitative estimate of drug-likeness (QED) is 0.467. The van der Waals surface area contributed by atoms with Crippen LogP contribution in [0.1, 0.15) is 5.56 Å². The van der Waals surface area contributed by atoms with Crippen LogP contribution in [-0.2, 0) is 0 Å². The molecule has 1 rings (SSSR count). The van der Waals surface area contributed by atoms with Gasteiger partial charge in [-0.2, -0.15) is 0 Å². The van der Waals surface area contributed by atoms with Crippen molar-refractivity contribution in [2.75, 3.05) is 0 Å². The zero-order valence-electron chi connectivity index (χ0n) is 10.0. The Morgan fingerprint density at radius 2 is 1.56 bits per heavy atom. The SMILES string of the molecule is C[Si](C)(C)C#C/C=C\C#Cc1ccccc1. The molecule has 0 aliphatic heterocycles. The van der Waals surface area contributed by atoms with E-state index in [0.717, 1.165) is 5.56 Å². The van der Waals surface area contributed by atoms with Crippen LogP contribution < -0.4 is 0 Å². The monoisotopic (exact) mass is 224 g/mol. The highest BCUT2D eigenvalue weighted by atomic mass is 28.3. The molecule has 0 spiro atoms. The lowest BCUT2D eigenvalue weighted by atomic mass is 10.2. The Morgan fingerprint density at radius 1 is 0.938 bits per heavy atom. The number of hydrogen-bond donors (Lipinski definition) is 0. The van der Waals surface area contributed by atoms with Crippen LogP contribution in [-0.4, -0.2) is 8.07 Å². The Morgan fingerprint density at radius 3 is 2.19 bits per heavy atom. The topological polar surface area (TPSA) is 0 Å². The summed E-state index contributed by atoms with van der Waals surface area (Å²) in [7, 11) is -1.24. The highest BCUT2D eigenvalue weighted by Gasteiger charge is 2.06. The van der Waals surface area contributed by atoms with Crippen LogP contribution >= 0.6 is 0 Å². The average molecular weight is 224 g/mol. The maximum absolute atomic E-state index is 3.25. The van der Waals surface area contributed by atoms with E-state index < -0.39 is 8.07 Å². The summed E-state index contributed by atoms with van der Waals surface area (Å²) in [5.41, 5.74) is 4.29. The molecule has 0 aliphatic rings. The van der Waals surface area contributed by atoms with E-state index in [-0.39, 0.29) is 0 Å². The van der Waals surface area contributed by atoms with E-state index in [1.54, 1.807) is 6.08 Å². The van der Waals surface area contributed by atoms with Gasteiger partial charge in [0.1, 0.15) is 8.07 Å². The van der Waals surface area contributed by atoms with Gasteiger partial charge in [0.2, 0.25) is 0 Å². The molecular weight excluding hydrogens is 208 g/mol. The minimum absolute atomic E-state index is 1.03. The second-order valence-corrected chi connectivity index (χ2v) is 9.24. The lowest BCUT2D eigenvalue weighted by Crippen LogP contribution is -2.16. The summed E-state index contributed by atoms with van der Waals surface area (Å²) in [5.74, 6) is 9.06. The standard InChI is InChI=1S/C15H16Si/c1-16(2,3)14-10-5-4-7-11-15-12-8-6-9-13-15/h4-6,8-9,12-13H,1-3H3/b5-4-. The first-order valence-corrected chi connectivity index (χ1v) is 8.82. The van der Waals surface area contributed by atoms with Crippen molar-refractivity contribution in [2.24, 2.45) is 0 Å². The zero-order chi connectivity index (χ0) is 11.9. The summed E-state index contributed by atoms with van der Waals surface area (Å²) in [6, 6.07) is 9.95. The maximum atomic E-state index is 3.25. The molecule has 1 aromatic carbocycles. The molecule has 0 saturated heterocycles. The second kappa shape index (κ2) is 6.01. The predicted octanol–water partition coefficient (Wildman–Crippen LogP) is 3.48. The molecule has 1 aromatic rings. The third kappa shape index (κ3) is 5.91. The Labute approximate surface area is 99.4 Å². The molecule has 0 atom stereocenters. The third-order valence-electron chi connectivity index (χ3n) is 1.69. The Balaban J connectivity index is 2.55. The first kappa shape index (κ1) is 12.4. The molecule has 0 aliphatic carbocycles. The highest BCUT2D eigenvalue weighted by Crippen LogP contribution is 1.96. The molecule has 0 fully saturated rings. The lowest BCUT2D eigenvalue weighted by molar-refractivity contribution is 1.65. The van der Waals surface area contributed by atoms with Gasteiger partial charge in [-0.15, -0.1) is 5.54 Å². The fourth-order valence-electron chi connectivity index (χ4n) is 0.988. The van der Waals surface area contributed by atoms with Crippen LogP contribution in [0.25, 0.3) is 0 Å². The average Bonchev–Trinajstić information content (AvgIpc) is 2.23. The molecular formula is C15H16Si. The Hall–Kier alpha value is -1.70. The van der Waals surface area contributed by atoms with Gasteiger partial charge in [-0.05, 0) is 24.3 Å². The van der Waals surface area contributed by atoms with Gasteiger partial charge in [0.15, 0.2) is 0 Å². The van der Waals surface area contributed by atoms with Crippen LogP contribution in [0.3, 0.4) is 0 Å². The van der Waals surface area contributed by atoms with Gasteiger partial charge in [0, 0.05) is 5.56 Å². The van der Waals surface area contributed by atoms with E-state index in [0.29, 0.717) is 0 Å². The summed E-state index contributed by atoms with van der Waals surface area (Å²) < 4.78 is 0. The van der Waals surface area contributed by atoms with Crippen LogP contribution in [0.15, 0.2) is 42.5 Å². The third-order valence-corrected chi connectivity index (χ3v) is 2.58. The molecule has 0 N–H and O–H groups in total. The van der Waals surface area contributed by atoms with E-state index >= 15 is 0 Å². The van der Waals surface area contributed by atoms with Crippen molar-refractivity contribution in [2.45, 2.75) is 19.6 Å². The summed E-state index contributed by atoms with van der Waals surface area (Å²) in [5, 5.41) is 0. The van der Waals surface area contributed by atoms with Crippen LogP contribution in [0, 0.1) is 23.3 Å². The molecule has 0 unspecified atom stereocenters. The normalized spacial score (nSPS) is 10.2. The van der Waals surface area contributed by atoms with Crippen molar-refractivity contribution in [3.8, 4) is 23.3 Å². The van der Waals surface area contributed by atoms with E-state index in [9.17, 15) is 0 Å². The van der Waals surface area contributed by atoms with Gasteiger partial charge in [0.05, 0.1) is 0 Å². The molecule has 0 radical (unpaired) electrons. The van der Waals surface area contributed by atoms with Crippen LogP contribution in [0.5, 0.6) is 0 Å². The van der Waals surface area contributed by atoms with Gasteiger partial charge in [-0.1, -0.05) is 55.6 Å². The minimum atomic E-state index is -1.24. The first-order valence-electron chi connectivity index (χ1n) is 5.32. The first-order chi connectivity index (χ1) is 7.58. The van der Waals surface area contributed by atoms with Crippen molar-refractivity contribution >= 4 is 8.07 Å². The number of allylic oxidation sites excluding steroid dienone is 2. The summed E-state index contributed by atoms with van der Waals surface area (Å²) in [6.07, 6.45) is 3.63. The van der Waals surface area contributed by atoms with Crippen molar-refractivity contribution in [3.05, 3.63) is 48.0 Å². The minimum Gasteiger partial charge on any atom is -0.127 e. The van der Waals surface area contributed by atoms with Crippen molar-refractivity contribution < 1.29 is 0 Å². The van der Waals surface area contributed by atoms with Crippen molar-refractivity contribution in [1.82, 2.24) is 0 Å². The zero-order valence-corrected chi connectivity index (χ0v) is 11.0. The fraction of sp³-hybridized carbons (Fsp3) is 0.200. The van der Waals surface area contributed by atoms with E-state index in [1.807, 2.05) is 36.4 Å². The smallest absolute Gasteiger partial charge is 0.127 e. The molecule has 0 bridgehead atoms. The molecule has 0 aromatic heterocycles. The highest BCUT2D eigenvalue weighted by molar-refractivity contribution is 6.83. The second-order valence-electron chi connectivity index (χ2n) is 4.49.